The summed E-state index contributed by atoms with van der Waals surface area (Å²) in [6.45, 7) is 2.09. The largest absolute Gasteiger partial charge is 0.496 e. The molecule has 5 nitrogen and oxygen atoms in total. The van der Waals surface area contributed by atoms with Gasteiger partial charge in [-0.15, -0.1) is 0 Å². The molecule has 1 aromatic rings. The fourth-order valence-electron chi connectivity index (χ4n) is 1.85. The van der Waals surface area contributed by atoms with E-state index in [1.165, 1.54) is 4.90 Å². The minimum Gasteiger partial charge on any atom is -0.496 e. The monoisotopic (exact) mass is 265 g/mol. The summed E-state index contributed by atoms with van der Waals surface area (Å²) in [5.74, 6) is -0.557. The summed E-state index contributed by atoms with van der Waals surface area (Å²) < 4.78 is 5.18. The normalized spacial score (nSPS) is 10.0. The van der Waals surface area contributed by atoms with Gasteiger partial charge in [-0.05, 0) is 12.5 Å². The maximum atomic E-state index is 12.1. The minimum absolute atomic E-state index is 0.150. The zero-order valence-corrected chi connectivity index (χ0v) is 11.3. The van der Waals surface area contributed by atoms with E-state index >= 15 is 0 Å². The van der Waals surface area contributed by atoms with Gasteiger partial charge in [-0.2, -0.15) is 0 Å². The summed E-state index contributed by atoms with van der Waals surface area (Å²) in [6, 6.07) is 7.24. The quantitative estimate of drug-likeness (QED) is 0.812. The predicted molar refractivity (Wildman–Crippen MR) is 71.2 cm³/mol. The molecule has 0 unspecified atom stereocenters. The maximum absolute atomic E-state index is 12.1. The van der Waals surface area contributed by atoms with Crippen LogP contribution in [0.15, 0.2) is 24.3 Å². The molecule has 0 saturated carbocycles. The molecule has 1 N–H and O–H groups in total. The van der Waals surface area contributed by atoms with Gasteiger partial charge in [-0.25, -0.2) is 0 Å². The second kappa shape index (κ2) is 7.41. The lowest BCUT2D eigenvalue weighted by Gasteiger charge is -2.20. The Kier molecular flexibility index (Phi) is 5.85. The molecule has 0 heterocycles. The summed E-state index contributed by atoms with van der Waals surface area (Å²) in [4.78, 5) is 24.2. The second-order valence-electron chi connectivity index (χ2n) is 4.20. The van der Waals surface area contributed by atoms with Crippen LogP contribution in [0.5, 0.6) is 5.75 Å². The molecule has 0 aliphatic rings. The third-order valence-electron chi connectivity index (χ3n) is 2.71. The molecule has 19 heavy (non-hydrogen) atoms. The summed E-state index contributed by atoms with van der Waals surface area (Å²) in [6.07, 6.45) is 0.877. The lowest BCUT2D eigenvalue weighted by atomic mass is 10.1. The first kappa shape index (κ1) is 15.0. The number of para-hydroxylation sites is 1. The topological polar surface area (TPSA) is 66.8 Å². The van der Waals surface area contributed by atoms with E-state index < -0.39 is 5.97 Å². The molecular formula is C14H19NO4. The maximum Gasteiger partial charge on any atom is 0.323 e. The van der Waals surface area contributed by atoms with Crippen molar-refractivity contribution in [2.75, 3.05) is 20.2 Å². The summed E-state index contributed by atoms with van der Waals surface area (Å²) in [5.41, 5.74) is 0.765. The molecule has 0 bridgehead atoms. The van der Waals surface area contributed by atoms with Crippen LogP contribution >= 0.6 is 0 Å². The molecule has 0 fully saturated rings. The van der Waals surface area contributed by atoms with E-state index in [0.717, 1.165) is 12.0 Å². The smallest absolute Gasteiger partial charge is 0.323 e. The van der Waals surface area contributed by atoms with Crippen molar-refractivity contribution in [3.8, 4) is 5.75 Å². The highest BCUT2D eigenvalue weighted by molar-refractivity contribution is 5.83. The van der Waals surface area contributed by atoms with Gasteiger partial charge in [0.25, 0.3) is 0 Å². The highest BCUT2D eigenvalue weighted by atomic mass is 16.5. The summed E-state index contributed by atoms with van der Waals surface area (Å²) >= 11 is 0. The van der Waals surface area contributed by atoms with Crippen molar-refractivity contribution in [2.24, 2.45) is 0 Å². The molecule has 0 saturated heterocycles. The van der Waals surface area contributed by atoms with E-state index in [4.69, 9.17) is 9.84 Å². The Labute approximate surface area is 112 Å². The van der Waals surface area contributed by atoms with E-state index in [0.29, 0.717) is 12.3 Å². The van der Waals surface area contributed by atoms with Crippen molar-refractivity contribution >= 4 is 11.9 Å². The highest BCUT2D eigenvalue weighted by Gasteiger charge is 2.17. The molecule has 0 radical (unpaired) electrons. The Hall–Kier alpha value is -2.04. The number of aliphatic carboxylic acids is 1. The van der Waals surface area contributed by atoms with E-state index in [1.54, 1.807) is 13.2 Å². The van der Waals surface area contributed by atoms with Crippen LogP contribution in [0.25, 0.3) is 0 Å². The fourth-order valence-corrected chi connectivity index (χ4v) is 1.85. The van der Waals surface area contributed by atoms with Gasteiger partial charge in [-0.3, -0.25) is 9.59 Å². The van der Waals surface area contributed by atoms with E-state index in [-0.39, 0.29) is 18.9 Å². The van der Waals surface area contributed by atoms with Crippen LogP contribution in [-0.2, 0) is 16.0 Å². The third kappa shape index (κ3) is 4.62. The summed E-state index contributed by atoms with van der Waals surface area (Å²) in [5, 5.41) is 8.81. The standard InChI is InChI=1S/C14H19NO4/c1-3-8-15(10-14(17)18)13(16)9-11-6-4-5-7-12(11)19-2/h4-7H,3,8-10H2,1-2H3,(H,17,18). The van der Waals surface area contributed by atoms with Crippen LogP contribution in [0.1, 0.15) is 18.9 Å². The first-order valence-corrected chi connectivity index (χ1v) is 6.20. The Morgan fingerprint density at radius 1 is 1.32 bits per heavy atom. The van der Waals surface area contributed by atoms with Crippen molar-refractivity contribution in [1.82, 2.24) is 4.90 Å². The number of rotatable bonds is 7. The number of hydrogen-bond acceptors (Lipinski definition) is 3. The van der Waals surface area contributed by atoms with Crippen molar-refractivity contribution in [2.45, 2.75) is 19.8 Å². The zero-order valence-electron chi connectivity index (χ0n) is 11.3. The van der Waals surface area contributed by atoms with E-state index in [1.807, 2.05) is 25.1 Å². The number of methoxy groups -OCH3 is 1. The van der Waals surface area contributed by atoms with Crippen LogP contribution in [0.3, 0.4) is 0 Å². The Balaban J connectivity index is 2.77. The van der Waals surface area contributed by atoms with Gasteiger partial charge in [0, 0.05) is 12.1 Å². The molecule has 0 atom stereocenters. The Morgan fingerprint density at radius 3 is 2.58 bits per heavy atom. The van der Waals surface area contributed by atoms with Crippen molar-refractivity contribution in [3.63, 3.8) is 0 Å². The van der Waals surface area contributed by atoms with Crippen LogP contribution in [-0.4, -0.2) is 42.1 Å². The van der Waals surface area contributed by atoms with Gasteiger partial charge in [0.2, 0.25) is 5.91 Å². The predicted octanol–water partition coefficient (Wildman–Crippen LogP) is 1.56. The van der Waals surface area contributed by atoms with Gasteiger partial charge in [0.05, 0.1) is 13.5 Å². The van der Waals surface area contributed by atoms with Crippen molar-refractivity contribution in [3.05, 3.63) is 29.8 Å². The zero-order chi connectivity index (χ0) is 14.3. The van der Waals surface area contributed by atoms with Gasteiger partial charge in [-0.1, -0.05) is 25.1 Å². The molecule has 1 rings (SSSR count). The van der Waals surface area contributed by atoms with Gasteiger partial charge in [0.15, 0.2) is 0 Å². The molecule has 0 aliphatic heterocycles. The third-order valence-corrected chi connectivity index (χ3v) is 2.71. The number of carboxylic acids is 1. The number of carboxylic acid groups (broad SMARTS) is 1. The molecule has 0 aromatic heterocycles. The van der Waals surface area contributed by atoms with E-state index in [9.17, 15) is 9.59 Å². The first-order valence-electron chi connectivity index (χ1n) is 6.20. The van der Waals surface area contributed by atoms with Gasteiger partial charge < -0.3 is 14.7 Å². The molecule has 104 valence electrons. The molecule has 0 spiro atoms. The number of carbonyl (C=O) groups is 2. The number of carbonyl (C=O) groups excluding carboxylic acids is 1. The highest BCUT2D eigenvalue weighted by Crippen LogP contribution is 2.18. The van der Waals surface area contributed by atoms with Crippen molar-refractivity contribution < 1.29 is 19.4 Å². The second-order valence-corrected chi connectivity index (χ2v) is 4.20. The van der Waals surface area contributed by atoms with Crippen LogP contribution in [0, 0.1) is 0 Å². The molecule has 0 aliphatic carbocycles. The fraction of sp³-hybridized carbons (Fsp3) is 0.429. The molecule has 5 heteroatoms. The van der Waals surface area contributed by atoms with Crippen molar-refractivity contribution in [1.29, 1.82) is 0 Å². The number of amides is 1. The molecule has 1 amide bonds. The number of hydrogen-bond donors (Lipinski definition) is 1. The number of benzene rings is 1. The van der Waals surface area contributed by atoms with Crippen LogP contribution < -0.4 is 4.74 Å². The molecule has 1 aromatic carbocycles. The number of ether oxygens (including phenoxy) is 1. The summed E-state index contributed by atoms with van der Waals surface area (Å²) in [7, 11) is 1.55. The minimum atomic E-state index is -0.998. The number of nitrogens with zero attached hydrogens (tertiary/aromatic N) is 1. The Bertz CT molecular complexity index is 445. The Morgan fingerprint density at radius 2 is 2.00 bits per heavy atom. The van der Waals surface area contributed by atoms with Gasteiger partial charge >= 0.3 is 5.97 Å². The average molecular weight is 265 g/mol. The average Bonchev–Trinajstić information content (AvgIpc) is 2.38. The van der Waals surface area contributed by atoms with Crippen LogP contribution in [0.4, 0.5) is 0 Å². The SMILES string of the molecule is CCCN(CC(=O)O)C(=O)Cc1ccccc1OC. The van der Waals surface area contributed by atoms with Crippen LogP contribution in [0.2, 0.25) is 0 Å². The van der Waals surface area contributed by atoms with E-state index in [2.05, 4.69) is 0 Å². The lowest BCUT2D eigenvalue weighted by molar-refractivity contribution is -0.144. The lowest BCUT2D eigenvalue weighted by Crippen LogP contribution is -2.37. The first-order chi connectivity index (χ1) is 9.08. The van der Waals surface area contributed by atoms with Gasteiger partial charge in [0.1, 0.15) is 12.3 Å². The molecular weight excluding hydrogens is 246 g/mol.